The Morgan fingerprint density at radius 1 is 1.35 bits per heavy atom. The van der Waals surface area contributed by atoms with E-state index >= 15 is 0 Å². The SMILES string of the molecule is CCOC(=O)C(F)[C@H](N)c1ccc(N2CCCC2)cc1. The van der Waals surface area contributed by atoms with E-state index in [-0.39, 0.29) is 6.61 Å². The lowest BCUT2D eigenvalue weighted by molar-refractivity contribution is -0.149. The van der Waals surface area contributed by atoms with Crippen LogP contribution >= 0.6 is 0 Å². The molecule has 2 atom stereocenters. The van der Waals surface area contributed by atoms with Gasteiger partial charge in [0, 0.05) is 18.8 Å². The summed E-state index contributed by atoms with van der Waals surface area (Å²) in [5.41, 5.74) is 7.50. The summed E-state index contributed by atoms with van der Waals surface area (Å²) in [4.78, 5) is 13.6. The standard InChI is InChI=1S/C15H21FN2O2/c1-2-20-15(19)13(16)14(17)11-5-7-12(8-6-11)18-9-3-4-10-18/h5-8,13-14H,2-4,9-10,17H2,1H3/t13?,14-/m1/s1. The molecule has 1 unspecified atom stereocenters. The maximum absolute atomic E-state index is 13.9. The van der Waals surface area contributed by atoms with Gasteiger partial charge < -0.3 is 15.4 Å². The normalized spacial score (nSPS) is 17.9. The van der Waals surface area contributed by atoms with E-state index in [2.05, 4.69) is 9.64 Å². The molecule has 0 aromatic heterocycles. The summed E-state index contributed by atoms with van der Waals surface area (Å²) in [6.07, 6.45) is 0.584. The molecule has 1 saturated heterocycles. The number of rotatable bonds is 5. The zero-order chi connectivity index (χ0) is 14.5. The van der Waals surface area contributed by atoms with Crippen molar-refractivity contribution in [3.05, 3.63) is 29.8 Å². The zero-order valence-corrected chi connectivity index (χ0v) is 11.7. The molecule has 1 aliphatic heterocycles. The number of esters is 1. The first-order valence-electron chi connectivity index (χ1n) is 7.04. The van der Waals surface area contributed by atoms with Crippen LogP contribution in [0, 0.1) is 0 Å². The molecule has 0 bridgehead atoms. The van der Waals surface area contributed by atoms with Gasteiger partial charge >= 0.3 is 5.97 Å². The number of carbonyl (C=O) groups excluding carboxylic acids is 1. The number of nitrogens with zero attached hydrogens (tertiary/aromatic N) is 1. The summed E-state index contributed by atoms with van der Waals surface area (Å²) in [5, 5.41) is 0. The van der Waals surface area contributed by atoms with Crippen LogP contribution in [-0.2, 0) is 9.53 Å². The van der Waals surface area contributed by atoms with E-state index in [1.54, 1.807) is 19.1 Å². The third kappa shape index (κ3) is 3.28. The molecule has 20 heavy (non-hydrogen) atoms. The van der Waals surface area contributed by atoms with Crippen LogP contribution in [0.1, 0.15) is 31.4 Å². The van der Waals surface area contributed by atoms with Crippen molar-refractivity contribution >= 4 is 11.7 Å². The Hall–Kier alpha value is -1.62. The molecule has 0 saturated carbocycles. The van der Waals surface area contributed by atoms with Gasteiger partial charge in [0.05, 0.1) is 12.6 Å². The van der Waals surface area contributed by atoms with Gasteiger partial charge in [-0.1, -0.05) is 12.1 Å². The maximum Gasteiger partial charge on any atom is 0.342 e. The molecular formula is C15H21FN2O2. The lowest BCUT2D eigenvalue weighted by atomic mass is 10.0. The largest absolute Gasteiger partial charge is 0.464 e. The van der Waals surface area contributed by atoms with Crippen LogP contribution < -0.4 is 10.6 Å². The van der Waals surface area contributed by atoms with Gasteiger partial charge in [-0.3, -0.25) is 0 Å². The molecule has 2 rings (SSSR count). The molecule has 0 radical (unpaired) electrons. The summed E-state index contributed by atoms with van der Waals surface area (Å²) in [7, 11) is 0. The number of alkyl halides is 1. The van der Waals surface area contributed by atoms with Crippen molar-refractivity contribution in [2.75, 3.05) is 24.6 Å². The second-order valence-electron chi connectivity index (χ2n) is 4.97. The van der Waals surface area contributed by atoms with E-state index in [1.807, 2.05) is 12.1 Å². The Morgan fingerprint density at radius 2 is 1.95 bits per heavy atom. The first-order valence-corrected chi connectivity index (χ1v) is 7.04. The second-order valence-corrected chi connectivity index (χ2v) is 4.97. The van der Waals surface area contributed by atoms with Gasteiger partial charge in [-0.2, -0.15) is 0 Å². The Morgan fingerprint density at radius 3 is 2.50 bits per heavy atom. The number of halogens is 1. The number of benzene rings is 1. The summed E-state index contributed by atoms with van der Waals surface area (Å²) in [5.74, 6) is -0.899. The first kappa shape index (κ1) is 14.8. The molecule has 1 aromatic carbocycles. The van der Waals surface area contributed by atoms with E-state index in [0.29, 0.717) is 5.56 Å². The molecule has 0 spiro atoms. The minimum absolute atomic E-state index is 0.153. The van der Waals surface area contributed by atoms with Crippen LogP contribution in [0.2, 0.25) is 0 Å². The minimum Gasteiger partial charge on any atom is -0.464 e. The van der Waals surface area contributed by atoms with Crippen molar-refractivity contribution in [2.24, 2.45) is 5.73 Å². The van der Waals surface area contributed by atoms with Gasteiger partial charge in [0.25, 0.3) is 0 Å². The monoisotopic (exact) mass is 280 g/mol. The summed E-state index contributed by atoms with van der Waals surface area (Å²) < 4.78 is 18.5. The number of carbonyl (C=O) groups is 1. The molecule has 0 aliphatic carbocycles. The minimum atomic E-state index is -1.83. The summed E-state index contributed by atoms with van der Waals surface area (Å²) in [6, 6.07) is 6.44. The van der Waals surface area contributed by atoms with Crippen LogP contribution in [0.5, 0.6) is 0 Å². The van der Waals surface area contributed by atoms with Gasteiger partial charge in [0.15, 0.2) is 0 Å². The topological polar surface area (TPSA) is 55.6 Å². The molecule has 1 fully saturated rings. The average molecular weight is 280 g/mol. The van der Waals surface area contributed by atoms with E-state index in [1.165, 1.54) is 12.8 Å². The molecule has 2 N–H and O–H groups in total. The number of nitrogens with two attached hydrogens (primary N) is 1. The summed E-state index contributed by atoms with van der Waals surface area (Å²) >= 11 is 0. The second kappa shape index (κ2) is 6.70. The first-order chi connectivity index (χ1) is 9.63. The maximum atomic E-state index is 13.9. The van der Waals surface area contributed by atoms with Gasteiger partial charge in [-0.15, -0.1) is 0 Å². The van der Waals surface area contributed by atoms with Crippen molar-refractivity contribution in [1.82, 2.24) is 0 Å². The van der Waals surface area contributed by atoms with Crippen molar-refractivity contribution in [2.45, 2.75) is 32.0 Å². The number of hydrogen-bond donors (Lipinski definition) is 1. The molecule has 110 valence electrons. The predicted molar refractivity (Wildman–Crippen MR) is 76.3 cm³/mol. The molecule has 0 amide bonds. The van der Waals surface area contributed by atoms with E-state index in [4.69, 9.17) is 5.73 Å². The van der Waals surface area contributed by atoms with Crippen molar-refractivity contribution in [1.29, 1.82) is 0 Å². The molecule has 4 nitrogen and oxygen atoms in total. The Bertz CT molecular complexity index is 444. The predicted octanol–water partition coefficient (Wildman–Crippen LogP) is 2.19. The molecular weight excluding hydrogens is 259 g/mol. The highest BCUT2D eigenvalue weighted by atomic mass is 19.1. The molecule has 1 aromatic rings. The van der Waals surface area contributed by atoms with Gasteiger partial charge in [0.1, 0.15) is 0 Å². The van der Waals surface area contributed by atoms with Crippen LogP contribution in [0.25, 0.3) is 0 Å². The Kier molecular flexibility index (Phi) is 4.95. The quantitative estimate of drug-likeness (QED) is 0.840. The van der Waals surface area contributed by atoms with Gasteiger partial charge in [-0.25, -0.2) is 9.18 Å². The zero-order valence-electron chi connectivity index (χ0n) is 11.7. The van der Waals surface area contributed by atoms with E-state index in [9.17, 15) is 9.18 Å². The number of hydrogen-bond acceptors (Lipinski definition) is 4. The lowest BCUT2D eigenvalue weighted by Crippen LogP contribution is -2.31. The van der Waals surface area contributed by atoms with Gasteiger partial charge in [0.2, 0.25) is 6.17 Å². The van der Waals surface area contributed by atoms with Crippen molar-refractivity contribution in [3.8, 4) is 0 Å². The fourth-order valence-corrected chi connectivity index (χ4v) is 2.42. The van der Waals surface area contributed by atoms with Crippen LogP contribution in [0.4, 0.5) is 10.1 Å². The van der Waals surface area contributed by atoms with Gasteiger partial charge in [-0.05, 0) is 37.5 Å². The number of anilines is 1. The van der Waals surface area contributed by atoms with E-state index in [0.717, 1.165) is 18.8 Å². The third-order valence-corrected chi connectivity index (χ3v) is 3.58. The third-order valence-electron chi connectivity index (χ3n) is 3.58. The summed E-state index contributed by atoms with van der Waals surface area (Å²) in [6.45, 7) is 3.90. The highest BCUT2D eigenvalue weighted by Crippen LogP contribution is 2.24. The average Bonchev–Trinajstić information content (AvgIpc) is 3.00. The smallest absolute Gasteiger partial charge is 0.342 e. The van der Waals surface area contributed by atoms with Crippen molar-refractivity contribution in [3.63, 3.8) is 0 Å². The highest BCUT2D eigenvalue weighted by Gasteiger charge is 2.27. The van der Waals surface area contributed by atoms with Crippen LogP contribution in [-0.4, -0.2) is 31.8 Å². The highest BCUT2D eigenvalue weighted by molar-refractivity contribution is 5.75. The molecule has 1 aliphatic rings. The Balaban J connectivity index is 2.03. The molecule has 1 heterocycles. The lowest BCUT2D eigenvalue weighted by Gasteiger charge is -2.20. The Labute approximate surface area is 118 Å². The van der Waals surface area contributed by atoms with E-state index < -0.39 is 18.2 Å². The number of ether oxygens (including phenoxy) is 1. The van der Waals surface area contributed by atoms with Crippen LogP contribution in [0.15, 0.2) is 24.3 Å². The molecule has 5 heteroatoms. The fraction of sp³-hybridized carbons (Fsp3) is 0.533. The fourth-order valence-electron chi connectivity index (χ4n) is 2.42. The van der Waals surface area contributed by atoms with Crippen molar-refractivity contribution < 1.29 is 13.9 Å². The van der Waals surface area contributed by atoms with Crippen LogP contribution in [0.3, 0.4) is 0 Å².